The minimum absolute atomic E-state index is 0.0158. The van der Waals surface area contributed by atoms with Gasteiger partial charge in [-0.2, -0.15) is 0 Å². The van der Waals surface area contributed by atoms with Crippen molar-refractivity contribution in [3.63, 3.8) is 0 Å². The number of hydrogen-bond donors (Lipinski definition) is 1. The van der Waals surface area contributed by atoms with Crippen LogP contribution in [0.4, 0.5) is 0 Å². The van der Waals surface area contributed by atoms with Crippen molar-refractivity contribution in [2.75, 3.05) is 13.8 Å². The fourth-order valence-electron chi connectivity index (χ4n) is 3.14. The van der Waals surface area contributed by atoms with E-state index in [1.54, 1.807) is 36.2 Å². The van der Waals surface area contributed by atoms with Crippen LogP contribution in [-0.2, 0) is 11.3 Å². The fourth-order valence-corrected chi connectivity index (χ4v) is 3.26. The van der Waals surface area contributed by atoms with Crippen LogP contribution < -0.4 is 14.8 Å². The smallest absolute Gasteiger partial charge is 0.251 e. The molecule has 0 fully saturated rings. The Morgan fingerprint density at radius 2 is 1.83 bits per heavy atom. The van der Waals surface area contributed by atoms with E-state index in [1.807, 2.05) is 32.0 Å². The van der Waals surface area contributed by atoms with Crippen molar-refractivity contribution in [2.45, 2.75) is 32.9 Å². The van der Waals surface area contributed by atoms with E-state index in [0.717, 1.165) is 12.0 Å². The topological polar surface area (TPSA) is 67.9 Å². The maximum Gasteiger partial charge on any atom is 0.251 e. The highest BCUT2D eigenvalue weighted by atomic mass is 35.5. The molecular formula is C22H25ClN2O4. The third kappa shape index (κ3) is 5.01. The molecule has 0 aromatic heterocycles. The molecular weight excluding hydrogens is 392 g/mol. The SMILES string of the molecule is CCC(C)C(NC(=O)c1ccc(Cl)cc1)C(=O)N(C)Cc1ccc2c(c1)OCO2. The zero-order valence-electron chi connectivity index (χ0n) is 16.8. The van der Waals surface area contributed by atoms with E-state index in [-0.39, 0.29) is 24.5 Å². The Hall–Kier alpha value is -2.73. The number of fused-ring (bicyclic) bond motifs is 1. The van der Waals surface area contributed by atoms with Crippen LogP contribution in [0.15, 0.2) is 42.5 Å². The number of nitrogens with zero attached hydrogens (tertiary/aromatic N) is 1. The molecule has 1 aliphatic heterocycles. The molecule has 2 unspecified atom stereocenters. The maximum absolute atomic E-state index is 13.1. The fraction of sp³-hybridized carbons (Fsp3) is 0.364. The normalized spacial score (nSPS) is 14.2. The van der Waals surface area contributed by atoms with E-state index < -0.39 is 6.04 Å². The summed E-state index contributed by atoms with van der Waals surface area (Å²) in [7, 11) is 1.73. The second kappa shape index (κ2) is 9.18. The second-order valence-corrected chi connectivity index (χ2v) is 7.66. The first kappa shape index (κ1) is 21.0. The molecule has 0 saturated heterocycles. The molecule has 2 amide bonds. The molecule has 1 N–H and O–H groups in total. The number of ether oxygens (including phenoxy) is 2. The van der Waals surface area contributed by atoms with Crippen LogP contribution >= 0.6 is 11.6 Å². The molecule has 0 spiro atoms. The van der Waals surface area contributed by atoms with E-state index in [4.69, 9.17) is 21.1 Å². The summed E-state index contributed by atoms with van der Waals surface area (Å²) >= 11 is 5.89. The van der Waals surface area contributed by atoms with E-state index in [0.29, 0.717) is 28.6 Å². The second-order valence-electron chi connectivity index (χ2n) is 7.23. The molecule has 0 bridgehead atoms. The van der Waals surface area contributed by atoms with Gasteiger partial charge in [-0.3, -0.25) is 9.59 Å². The lowest BCUT2D eigenvalue weighted by molar-refractivity contribution is -0.133. The molecule has 3 rings (SSSR count). The zero-order valence-corrected chi connectivity index (χ0v) is 17.5. The maximum atomic E-state index is 13.1. The van der Waals surface area contributed by atoms with Crippen LogP contribution in [0.5, 0.6) is 11.5 Å². The van der Waals surface area contributed by atoms with Crippen molar-refractivity contribution in [1.29, 1.82) is 0 Å². The summed E-state index contributed by atoms with van der Waals surface area (Å²) in [6.45, 7) is 4.57. The van der Waals surface area contributed by atoms with Crippen molar-refractivity contribution < 1.29 is 19.1 Å². The van der Waals surface area contributed by atoms with E-state index in [9.17, 15) is 9.59 Å². The van der Waals surface area contributed by atoms with Gasteiger partial charge in [-0.25, -0.2) is 0 Å². The third-order valence-electron chi connectivity index (χ3n) is 5.10. The summed E-state index contributed by atoms with van der Waals surface area (Å²) < 4.78 is 10.7. The zero-order chi connectivity index (χ0) is 21.0. The lowest BCUT2D eigenvalue weighted by atomic mass is 9.97. The van der Waals surface area contributed by atoms with Crippen LogP contribution in [0.1, 0.15) is 36.2 Å². The first-order valence-corrected chi connectivity index (χ1v) is 9.96. The number of benzene rings is 2. The summed E-state index contributed by atoms with van der Waals surface area (Å²) in [5.74, 6) is 0.933. The van der Waals surface area contributed by atoms with Gasteiger partial charge in [0.15, 0.2) is 11.5 Å². The highest BCUT2D eigenvalue weighted by molar-refractivity contribution is 6.30. The minimum Gasteiger partial charge on any atom is -0.454 e. The summed E-state index contributed by atoms with van der Waals surface area (Å²) in [4.78, 5) is 27.4. The molecule has 2 aromatic carbocycles. The monoisotopic (exact) mass is 416 g/mol. The molecule has 0 saturated carbocycles. The number of likely N-dealkylation sites (N-methyl/N-ethyl adjacent to an activating group) is 1. The van der Waals surface area contributed by atoms with Crippen LogP contribution in [0, 0.1) is 5.92 Å². The van der Waals surface area contributed by atoms with Crippen LogP contribution in [0.2, 0.25) is 5.02 Å². The van der Waals surface area contributed by atoms with Crippen molar-refractivity contribution >= 4 is 23.4 Å². The standard InChI is InChI=1S/C22H25ClN2O4/c1-4-14(2)20(24-21(26)16-6-8-17(23)9-7-16)22(27)25(3)12-15-5-10-18-19(11-15)29-13-28-18/h5-11,14,20H,4,12-13H2,1-3H3,(H,24,26). The number of halogens is 1. The average Bonchev–Trinajstić information content (AvgIpc) is 3.19. The highest BCUT2D eigenvalue weighted by Crippen LogP contribution is 2.32. The predicted molar refractivity (Wildman–Crippen MR) is 111 cm³/mol. The Balaban J connectivity index is 1.70. The van der Waals surface area contributed by atoms with Crippen molar-refractivity contribution in [2.24, 2.45) is 5.92 Å². The molecule has 1 aliphatic rings. The number of amides is 2. The quantitative estimate of drug-likeness (QED) is 0.743. The molecule has 2 atom stereocenters. The van der Waals surface area contributed by atoms with Crippen molar-refractivity contribution in [3.8, 4) is 11.5 Å². The minimum atomic E-state index is -0.623. The molecule has 1 heterocycles. The van der Waals surface area contributed by atoms with Gasteiger partial charge in [-0.05, 0) is 47.9 Å². The van der Waals surface area contributed by atoms with Gasteiger partial charge in [-0.1, -0.05) is 37.9 Å². The molecule has 0 radical (unpaired) electrons. The number of rotatable bonds is 7. The first-order valence-electron chi connectivity index (χ1n) is 9.59. The van der Waals surface area contributed by atoms with E-state index in [1.165, 1.54) is 0 Å². The van der Waals surface area contributed by atoms with Gasteiger partial charge in [0, 0.05) is 24.2 Å². The number of nitrogens with one attached hydrogen (secondary N) is 1. The Bertz CT molecular complexity index is 885. The van der Waals surface area contributed by atoms with Crippen LogP contribution in [0.25, 0.3) is 0 Å². The van der Waals surface area contributed by atoms with Gasteiger partial charge in [0.05, 0.1) is 0 Å². The molecule has 154 valence electrons. The molecule has 0 aliphatic carbocycles. The van der Waals surface area contributed by atoms with Gasteiger partial charge < -0.3 is 19.7 Å². The summed E-state index contributed by atoms with van der Waals surface area (Å²) in [6, 6.07) is 11.6. The van der Waals surface area contributed by atoms with Crippen LogP contribution in [0.3, 0.4) is 0 Å². The molecule has 6 nitrogen and oxygen atoms in total. The predicted octanol–water partition coefficient (Wildman–Crippen LogP) is 3.87. The van der Waals surface area contributed by atoms with E-state index in [2.05, 4.69) is 5.32 Å². The third-order valence-corrected chi connectivity index (χ3v) is 5.36. The summed E-state index contributed by atoms with van der Waals surface area (Å²) in [5, 5.41) is 3.45. The Morgan fingerprint density at radius 1 is 1.14 bits per heavy atom. The van der Waals surface area contributed by atoms with Crippen molar-refractivity contribution in [3.05, 3.63) is 58.6 Å². The Kier molecular flexibility index (Phi) is 6.64. The number of carbonyl (C=O) groups is 2. The molecule has 7 heteroatoms. The van der Waals surface area contributed by atoms with Gasteiger partial charge in [0.2, 0.25) is 12.7 Å². The Labute approximate surface area is 175 Å². The summed E-state index contributed by atoms with van der Waals surface area (Å²) in [6.07, 6.45) is 0.759. The lowest BCUT2D eigenvalue weighted by Crippen LogP contribution is -2.50. The summed E-state index contributed by atoms with van der Waals surface area (Å²) in [5.41, 5.74) is 1.39. The average molecular weight is 417 g/mol. The Morgan fingerprint density at radius 3 is 2.52 bits per heavy atom. The highest BCUT2D eigenvalue weighted by Gasteiger charge is 2.29. The van der Waals surface area contributed by atoms with Crippen LogP contribution in [-0.4, -0.2) is 36.6 Å². The first-order chi connectivity index (χ1) is 13.9. The molecule has 2 aromatic rings. The van der Waals surface area contributed by atoms with Crippen molar-refractivity contribution in [1.82, 2.24) is 10.2 Å². The molecule has 29 heavy (non-hydrogen) atoms. The van der Waals surface area contributed by atoms with Gasteiger partial charge in [0.1, 0.15) is 6.04 Å². The number of hydrogen-bond acceptors (Lipinski definition) is 4. The van der Waals surface area contributed by atoms with E-state index >= 15 is 0 Å². The lowest BCUT2D eigenvalue weighted by Gasteiger charge is -2.28. The van der Waals surface area contributed by atoms with Gasteiger partial charge in [0.25, 0.3) is 5.91 Å². The number of carbonyl (C=O) groups excluding carboxylic acids is 2. The van der Waals surface area contributed by atoms with Gasteiger partial charge >= 0.3 is 0 Å². The largest absolute Gasteiger partial charge is 0.454 e. The van der Waals surface area contributed by atoms with Gasteiger partial charge in [-0.15, -0.1) is 0 Å².